The second-order valence-corrected chi connectivity index (χ2v) is 5.97. The molecule has 28 heavy (non-hydrogen) atoms. The molecule has 1 aromatic heterocycles. The van der Waals surface area contributed by atoms with E-state index < -0.39 is 5.97 Å². The van der Waals surface area contributed by atoms with E-state index in [2.05, 4.69) is 4.98 Å². The van der Waals surface area contributed by atoms with Crippen LogP contribution in [-0.4, -0.2) is 23.8 Å². The molecule has 1 aliphatic heterocycles. The van der Waals surface area contributed by atoms with Crippen LogP contribution in [0.25, 0.3) is 6.08 Å². The van der Waals surface area contributed by atoms with E-state index in [1.807, 2.05) is 18.2 Å². The molecular weight excluding hydrogens is 358 g/mol. The average molecular weight is 373 g/mol. The van der Waals surface area contributed by atoms with Gasteiger partial charge in [0.1, 0.15) is 17.2 Å². The van der Waals surface area contributed by atoms with E-state index in [0.29, 0.717) is 22.6 Å². The fourth-order valence-electron chi connectivity index (χ4n) is 2.81. The summed E-state index contributed by atoms with van der Waals surface area (Å²) in [5.41, 5.74) is 1.51. The maximum atomic E-state index is 12.6. The summed E-state index contributed by atoms with van der Waals surface area (Å²) in [6.45, 7) is 0. The van der Waals surface area contributed by atoms with Crippen LogP contribution >= 0.6 is 0 Å². The van der Waals surface area contributed by atoms with Crippen molar-refractivity contribution >= 4 is 17.8 Å². The molecule has 0 saturated heterocycles. The number of carbonyl (C=O) groups is 2. The zero-order valence-electron chi connectivity index (χ0n) is 14.9. The average Bonchev–Trinajstić information content (AvgIpc) is 3.04. The molecule has 0 atom stereocenters. The number of ether oxygens (including phenoxy) is 3. The molecule has 0 N–H and O–H groups in total. The Kier molecular flexibility index (Phi) is 4.60. The summed E-state index contributed by atoms with van der Waals surface area (Å²) in [7, 11) is 1.56. The number of hydrogen-bond acceptors (Lipinski definition) is 6. The van der Waals surface area contributed by atoms with Gasteiger partial charge in [0.15, 0.2) is 5.76 Å². The second kappa shape index (κ2) is 7.36. The van der Waals surface area contributed by atoms with Crippen LogP contribution in [0.15, 0.2) is 72.8 Å². The van der Waals surface area contributed by atoms with Crippen LogP contribution in [0, 0.1) is 0 Å². The number of aromatic nitrogens is 1. The maximum absolute atomic E-state index is 12.6. The number of para-hydroxylation sites is 1. The molecule has 2 heterocycles. The monoisotopic (exact) mass is 373 g/mol. The summed E-state index contributed by atoms with van der Waals surface area (Å²) < 4.78 is 16.4. The van der Waals surface area contributed by atoms with E-state index in [0.717, 1.165) is 5.56 Å². The Balaban J connectivity index is 1.58. The highest BCUT2D eigenvalue weighted by Crippen LogP contribution is 2.35. The van der Waals surface area contributed by atoms with E-state index in [1.165, 1.54) is 18.5 Å². The van der Waals surface area contributed by atoms with Crippen molar-refractivity contribution < 1.29 is 23.8 Å². The van der Waals surface area contributed by atoms with Gasteiger partial charge in [0.2, 0.25) is 5.78 Å². The number of rotatable bonds is 4. The number of carbonyl (C=O) groups excluding carboxylic acids is 2. The van der Waals surface area contributed by atoms with Gasteiger partial charge in [0.05, 0.1) is 18.2 Å². The van der Waals surface area contributed by atoms with Crippen LogP contribution in [0.1, 0.15) is 26.3 Å². The standard InChI is InChI=1S/C22H15NO5/c1-26-18-5-3-2-4-15(18)12-20-21(24)17-7-6-16(13-19(17)28-20)27-22(25)14-8-10-23-11-9-14/h2-13H,1H3/b20-12-. The van der Waals surface area contributed by atoms with Gasteiger partial charge in [-0.25, -0.2) is 4.79 Å². The molecule has 3 aromatic rings. The Hall–Kier alpha value is -3.93. The predicted molar refractivity (Wildman–Crippen MR) is 102 cm³/mol. The molecule has 6 nitrogen and oxygen atoms in total. The lowest BCUT2D eigenvalue weighted by atomic mass is 10.1. The van der Waals surface area contributed by atoms with Crippen molar-refractivity contribution in [2.75, 3.05) is 7.11 Å². The molecule has 0 fully saturated rings. The van der Waals surface area contributed by atoms with Crippen LogP contribution in [0.5, 0.6) is 17.2 Å². The summed E-state index contributed by atoms with van der Waals surface area (Å²) in [5.74, 6) is 0.675. The van der Waals surface area contributed by atoms with Crippen molar-refractivity contribution in [2.45, 2.75) is 0 Å². The first kappa shape index (κ1) is 17.5. The van der Waals surface area contributed by atoms with Gasteiger partial charge in [-0.05, 0) is 36.4 Å². The van der Waals surface area contributed by atoms with Gasteiger partial charge < -0.3 is 14.2 Å². The Morgan fingerprint density at radius 3 is 2.64 bits per heavy atom. The van der Waals surface area contributed by atoms with E-state index in [4.69, 9.17) is 14.2 Å². The fraction of sp³-hybridized carbons (Fsp3) is 0.0455. The summed E-state index contributed by atoms with van der Waals surface area (Å²) in [6.07, 6.45) is 4.65. The normalized spacial score (nSPS) is 13.8. The molecule has 1 aliphatic rings. The molecule has 0 unspecified atom stereocenters. The molecule has 0 saturated carbocycles. The molecule has 0 aliphatic carbocycles. The van der Waals surface area contributed by atoms with Crippen molar-refractivity contribution in [1.29, 1.82) is 0 Å². The van der Waals surface area contributed by atoms with E-state index >= 15 is 0 Å². The number of ketones is 1. The smallest absolute Gasteiger partial charge is 0.343 e. The van der Waals surface area contributed by atoms with E-state index in [1.54, 1.807) is 43.5 Å². The van der Waals surface area contributed by atoms with E-state index in [9.17, 15) is 9.59 Å². The topological polar surface area (TPSA) is 74.7 Å². The van der Waals surface area contributed by atoms with Gasteiger partial charge in [-0.15, -0.1) is 0 Å². The Labute approximate surface area is 161 Å². The highest BCUT2D eigenvalue weighted by Gasteiger charge is 2.28. The van der Waals surface area contributed by atoms with Crippen LogP contribution < -0.4 is 14.2 Å². The molecular formula is C22H15NO5. The first-order valence-electron chi connectivity index (χ1n) is 8.49. The molecule has 2 aromatic carbocycles. The summed E-state index contributed by atoms with van der Waals surface area (Å²) in [6, 6.07) is 15.1. The predicted octanol–water partition coefficient (Wildman–Crippen LogP) is 3.93. The minimum absolute atomic E-state index is 0.178. The highest BCUT2D eigenvalue weighted by molar-refractivity contribution is 6.14. The van der Waals surface area contributed by atoms with Crippen LogP contribution in [0.2, 0.25) is 0 Å². The summed E-state index contributed by atoms with van der Waals surface area (Å²) in [4.78, 5) is 28.6. The lowest BCUT2D eigenvalue weighted by molar-refractivity contribution is 0.0734. The number of pyridine rings is 1. The molecule has 4 rings (SSSR count). The molecule has 0 bridgehead atoms. The molecule has 0 spiro atoms. The molecule has 6 heteroatoms. The number of methoxy groups -OCH3 is 1. The second-order valence-electron chi connectivity index (χ2n) is 5.97. The van der Waals surface area contributed by atoms with Crippen LogP contribution in [0.4, 0.5) is 0 Å². The van der Waals surface area contributed by atoms with E-state index in [-0.39, 0.29) is 17.3 Å². The zero-order valence-corrected chi connectivity index (χ0v) is 14.9. The molecule has 138 valence electrons. The lowest BCUT2D eigenvalue weighted by Crippen LogP contribution is -2.08. The minimum Gasteiger partial charge on any atom is -0.496 e. The minimum atomic E-state index is -0.517. The first-order valence-corrected chi connectivity index (χ1v) is 8.49. The highest BCUT2D eigenvalue weighted by atomic mass is 16.5. The lowest BCUT2D eigenvalue weighted by Gasteiger charge is -2.06. The Morgan fingerprint density at radius 1 is 1.07 bits per heavy atom. The number of benzene rings is 2. The van der Waals surface area contributed by atoms with Gasteiger partial charge in [0.25, 0.3) is 0 Å². The molecule has 0 radical (unpaired) electrons. The van der Waals surface area contributed by atoms with Crippen molar-refractivity contribution in [1.82, 2.24) is 4.98 Å². The van der Waals surface area contributed by atoms with Gasteiger partial charge in [-0.1, -0.05) is 18.2 Å². The third-order valence-corrected chi connectivity index (χ3v) is 4.19. The van der Waals surface area contributed by atoms with Gasteiger partial charge in [0, 0.05) is 24.0 Å². The number of Topliss-reactive ketones (excluding diaryl/α,β-unsaturated/α-hetero) is 1. The SMILES string of the molecule is COc1ccccc1/C=C1\Oc2cc(OC(=O)c3ccncc3)ccc2C1=O. The zero-order chi connectivity index (χ0) is 19.5. The van der Waals surface area contributed by atoms with Crippen molar-refractivity contribution in [3.63, 3.8) is 0 Å². The number of allylic oxidation sites excluding steroid dienone is 1. The van der Waals surface area contributed by atoms with Gasteiger partial charge >= 0.3 is 5.97 Å². The summed E-state index contributed by atoms with van der Waals surface area (Å²) in [5, 5.41) is 0. The van der Waals surface area contributed by atoms with Gasteiger partial charge in [-0.2, -0.15) is 0 Å². The Bertz CT molecular complexity index is 1090. The van der Waals surface area contributed by atoms with Crippen LogP contribution in [0.3, 0.4) is 0 Å². The third kappa shape index (κ3) is 3.35. The maximum Gasteiger partial charge on any atom is 0.343 e. The third-order valence-electron chi connectivity index (χ3n) is 4.19. The number of hydrogen-bond donors (Lipinski definition) is 0. The van der Waals surface area contributed by atoms with Crippen molar-refractivity contribution in [3.05, 3.63) is 89.4 Å². The van der Waals surface area contributed by atoms with Gasteiger partial charge in [-0.3, -0.25) is 9.78 Å². The van der Waals surface area contributed by atoms with Crippen LogP contribution in [-0.2, 0) is 0 Å². The van der Waals surface area contributed by atoms with Crippen molar-refractivity contribution in [3.8, 4) is 17.2 Å². The Morgan fingerprint density at radius 2 is 1.86 bits per heavy atom. The molecule has 0 amide bonds. The number of nitrogens with zero attached hydrogens (tertiary/aromatic N) is 1. The first-order chi connectivity index (χ1) is 13.7. The fourth-order valence-corrected chi connectivity index (χ4v) is 2.81. The largest absolute Gasteiger partial charge is 0.496 e. The number of esters is 1. The quantitative estimate of drug-likeness (QED) is 0.392. The summed E-state index contributed by atoms with van der Waals surface area (Å²) >= 11 is 0. The van der Waals surface area contributed by atoms with Crippen molar-refractivity contribution in [2.24, 2.45) is 0 Å². The number of fused-ring (bicyclic) bond motifs is 1.